The molecule has 0 unspecified atom stereocenters. The fraction of sp³-hybridized carbons (Fsp3) is 0.812. The Morgan fingerprint density at radius 1 is 1.16 bits per heavy atom. The van der Waals surface area contributed by atoms with E-state index >= 15 is 0 Å². The molecule has 0 aromatic heterocycles. The topological polar surface area (TPSA) is 118 Å². The van der Waals surface area contributed by atoms with Gasteiger partial charge in [0.05, 0.1) is 5.92 Å². The lowest BCUT2D eigenvalue weighted by Crippen LogP contribution is -2.71. The van der Waals surface area contributed by atoms with E-state index in [4.69, 9.17) is 23.7 Å². The first kappa shape index (κ1) is 18.2. The number of fused-ring (bicyclic) bond motifs is 5. The van der Waals surface area contributed by atoms with Gasteiger partial charge in [0.25, 0.3) is 0 Å². The molecule has 3 fully saturated rings. The van der Waals surface area contributed by atoms with Gasteiger partial charge in [-0.1, -0.05) is 0 Å². The number of ketones is 1. The average molecular weight is 358 g/mol. The van der Waals surface area contributed by atoms with E-state index in [-0.39, 0.29) is 6.42 Å². The number of ether oxygens (including phenoxy) is 5. The molecule has 0 aromatic carbocycles. The fourth-order valence-electron chi connectivity index (χ4n) is 4.50. The van der Waals surface area contributed by atoms with Crippen LogP contribution in [-0.4, -0.2) is 79.3 Å². The Bertz CT molecular complexity index is 590. The van der Waals surface area contributed by atoms with Crippen molar-refractivity contribution in [1.82, 2.24) is 0 Å². The van der Waals surface area contributed by atoms with Gasteiger partial charge in [-0.3, -0.25) is 14.4 Å². The van der Waals surface area contributed by atoms with Crippen LogP contribution < -0.4 is 0 Å². The van der Waals surface area contributed by atoms with Crippen LogP contribution in [0.5, 0.6) is 0 Å². The summed E-state index contributed by atoms with van der Waals surface area (Å²) >= 11 is 0. The van der Waals surface area contributed by atoms with Crippen LogP contribution >= 0.6 is 0 Å². The highest BCUT2D eigenvalue weighted by atomic mass is 16.6. The minimum absolute atomic E-state index is 0.178. The van der Waals surface area contributed by atoms with E-state index < -0.39 is 65.9 Å². The maximum absolute atomic E-state index is 13.0. The number of hydrogen-bond acceptors (Lipinski definition) is 9. The predicted molar refractivity (Wildman–Crippen MR) is 79.4 cm³/mol. The van der Waals surface area contributed by atoms with Crippen LogP contribution in [0.15, 0.2) is 0 Å². The van der Waals surface area contributed by atoms with Crippen molar-refractivity contribution in [3.8, 4) is 0 Å². The van der Waals surface area contributed by atoms with Gasteiger partial charge in [0.2, 0.25) is 0 Å². The molecule has 9 heteroatoms. The van der Waals surface area contributed by atoms with Crippen LogP contribution in [0.25, 0.3) is 0 Å². The van der Waals surface area contributed by atoms with Gasteiger partial charge in [-0.2, -0.15) is 0 Å². The highest BCUT2D eigenvalue weighted by Gasteiger charge is 2.77. The Kier molecular flexibility index (Phi) is 4.61. The first-order chi connectivity index (χ1) is 11.8. The van der Waals surface area contributed by atoms with Gasteiger partial charge < -0.3 is 28.8 Å². The molecule has 3 aliphatic rings. The third-order valence-electron chi connectivity index (χ3n) is 5.26. The molecule has 8 atom stereocenters. The first-order valence-electron chi connectivity index (χ1n) is 8.07. The SMILES string of the molecule is CO[C@@H]1[C@H]2O[C@@H]([C@@H]1OC)[C@]1(OC(C)=O)[C@H](O)C[C@@H](OC(C)=O)C(=O)[C@H]21. The zero-order chi connectivity index (χ0) is 18.5. The van der Waals surface area contributed by atoms with Gasteiger partial charge in [-0.25, -0.2) is 0 Å². The van der Waals surface area contributed by atoms with E-state index in [1.807, 2.05) is 0 Å². The van der Waals surface area contributed by atoms with Crippen LogP contribution in [0.3, 0.4) is 0 Å². The normalized spacial score (nSPS) is 45.2. The molecule has 25 heavy (non-hydrogen) atoms. The summed E-state index contributed by atoms with van der Waals surface area (Å²) in [7, 11) is 2.91. The molecule has 2 heterocycles. The summed E-state index contributed by atoms with van der Waals surface area (Å²) in [5.41, 5.74) is -1.58. The number of methoxy groups -OCH3 is 2. The summed E-state index contributed by atoms with van der Waals surface area (Å²) in [6.45, 7) is 2.38. The molecule has 140 valence electrons. The Morgan fingerprint density at radius 3 is 2.32 bits per heavy atom. The lowest BCUT2D eigenvalue weighted by Gasteiger charge is -2.50. The Labute approximate surface area is 144 Å². The molecule has 2 aliphatic heterocycles. The van der Waals surface area contributed by atoms with Gasteiger partial charge in [0.15, 0.2) is 17.5 Å². The zero-order valence-corrected chi connectivity index (χ0v) is 14.5. The fourth-order valence-corrected chi connectivity index (χ4v) is 4.50. The standard InChI is InChI=1S/C16H22O9/c1-6(17)23-8-5-9(19)16(25-7(2)18)10(11(8)20)12-13(21-3)14(22-4)15(16)24-12/h8-10,12-15,19H,5H2,1-4H3/t8-,9-,10-,12+,13-,14-,15+,16+/m1/s1. The number of hydrogen-bond donors (Lipinski definition) is 1. The van der Waals surface area contributed by atoms with Crippen LogP contribution in [-0.2, 0) is 38.1 Å². The van der Waals surface area contributed by atoms with Crippen LogP contribution in [0, 0.1) is 5.92 Å². The second-order valence-electron chi connectivity index (χ2n) is 6.60. The number of aliphatic hydroxyl groups excluding tert-OH is 1. The lowest BCUT2D eigenvalue weighted by atomic mass is 9.62. The van der Waals surface area contributed by atoms with E-state index in [0.29, 0.717) is 0 Å². The molecule has 3 rings (SSSR count). The predicted octanol–water partition coefficient (Wildman–Crippen LogP) is -1.02. The average Bonchev–Trinajstić information content (AvgIpc) is 3.04. The summed E-state index contributed by atoms with van der Waals surface area (Å²) < 4.78 is 27.3. The van der Waals surface area contributed by atoms with Crippen LogP contribution in [0.1, 0.15) is 20.3 Å². The molecular formula is C16H22O9. The largest absolute Gasteiger partial charge is 0.454 e. The van der Waals surface area contributed by atoms with E-state index in [2.05, 4.69) is 0 Å². The van der Waals surface area contributed by atoms with Crippen molar-refractivity contribution >= 4 is 17.7 Å². The van der Waals surface area contributed by atoms with Gasteiger partial charge in [0, 0.05) is 34.5 Å². The summed E-state index contributed by atoms with van der Waals surface area (Å²) in [4.78, 5) is 36.0. The van der Waals surface area contributed by atoms with Crippen molar-refractivity contribution in [2.24, 2.45) is 5.92 Å². The second-order valence-corrected chi connectivity index (χ2v) is 6.60. The third-order valence-corrected chi connectivity index (χ3v) is 5.26. The summed E-state index contributed by atoms with van der Waals surface area (Å²) in [5, 5.41) is 10.8. The third kappa shape index (κ3) is 2.49. The zero-order valence-electron chi connectivity index (χ0n) is 14.5. The van der Waals surface area contributed by atoms with E-state index in [1.165, 1.54) is 28.1 Å². The van der Waals surface area contributed by atoms with Crippen molar-refractivity contribution in [3.05, 3.63) is 0 Å². The van der Waals surface area contributed by atoms with Crippen LogP contribution in [0.2, 0.25) is 0 Å². The van der Waals surface area contributed by atoms with Gasteiger partial charge >= 0.3 is 11.9 Å². The van der Waals surface area contributed by atoms with Gasteiger partial charge in [-0.15, -0.1) is 0 Å². The van der Waals surface area contributed by atoms with Crippen molar-refractivity contribution in [3.63, 3.8) is 0 Å². The van der Waals surface area contributed by atoms with Crippen molar-refractivity contribution < 1.29 is 43.2 Å². The minimum Gasteiger partial charge on any atom is -0.454 e. The molecule has 1 saturated carbocycles. The smallest absolute Gasteiger partial charge is 0.303 e. The monoisotopic (exact) mass is 358 g/mol. The van der Waals surface area contributed by atoms with E-state index in [1.54, 1.807) is 0 Å². The molecule has 2 bridgehead atoms. The number of carbonyl (C=O) groups excluding carboxylic acids is 3. The quantitative estimate of drug-likeness (QED) is 0.630. The Balaban J connectivity index is 2.04. The second kappa shape index (κ2) is 6.31. The number of rotatable bonds is 4. The van der Waals surface area contributed by atoms with Crippen molar-refractivity contribution in [1.29, 1.82) is 0 Å². The van der Waals surface area contributed by atoms with Crippen molar-refractivity contribution in [2.45, 2.75) is 62.5 Å². The molecule has 1 N–H and O–H groups in total. The maximum atomic E-state index is 13.0. The molecule has 0 amide bonds. The minimum atomic E-state index is -1.58. The van der Waals surface area contributed by atoms with Gasteiger partial charge in [0.1, 0.15) is 30.5 Å². The lowest BCUT2D eigenvalue weighted by molar-refractivity contribution is -0.225. The number of esters is 2. The highest BCUT2D eigenvalue weighted by molar-refractivity contribution is 5.91. The molecular weight excluding hydrogens is 336 g/mol. The molecule has 0 spiro atoms. The molecule has 2 saturated heterocycles. The molecule has 9 nitrogen and oxygen atoms in total. The molecule has 0 radical (unpaired) electrons. The summed E-state index contributed by atoms with van der Waals surface area (Å²) in [6.07, 6.45) is -5.38. The van der Waals surface area contributed by atoms with Crippen molar-refractivity contribution in [2.75, 3.05) is 14.2 Å². The molecule has 1 aliphatic carbocycles. The Hall–Kier alpha value is -1.55. The van der Waals surface area contributed by atoms with Crippen LogP contribution in [0.4, 0.5) is 0 Å². The van der Waals surface area contributed by atoms with E-state index in [9.17, 15) is 19.5 Å². The number of Topliss-reactive ketones (excluding diaryl/α,β-unsaturated/α-hetero) is 1. The summed E-state index contributed by atoms with van der Waals surface area (Å²) in [6, 6.07) is 0. The highest BCUT2D eigenvalue weighted by Crippen LogP contribution is 2.55. The maximum Gasteiger partial charge on any atom is 0.303 e. The number of aliphatic hydroxyl groups is 1. The van der Waals surface area contributed by atoms with E-state index in [0.717, 1.165) is 0 Å². The van der Waals surface area contributed by atoms with Gasteiger partial charge in [-0.05, 0) is 0 Å². The number of carbonyl (C=O) groups is 3. The molecule has 0 aromatic rings. The summed E-state index contributed by atoms with van der Waals surface area (Å²) in [5.74, 6) is -2.74. The first-order valence-corrected chi connectivity index (χ1v) is 8.07. The Morgan fingerprint density at radius 2 is 1.80 bits per heavy atom.